The molecule has 0 saturated carbocycles. The maximum absolute atomic E-state index is 5.67. The molecule has 1 aliphatic heterocycles. The first-order valence-electron chi connectivity index (χ1n) is 7.35. The van der Waals surface area contributed by atoms with Crippen molar-refractivity contribution >= 4 is 5.69 Å². The lowest BCUT2D eigenvalue weighted by molar-refractivity contribution is 0.220. The van der Waals surface area contributed by atoms with Gasteiger partial charge in [-0.2, -0.15) is 0 Å². The molecule has 1 fully saturated rings. The van der Waals surface area contributed by atoms with E-state index in [9.17, 15) is 0 Å². The van der Waals surface area contributed by atoms with E-state index >= 15 is 0 Å². The largest absolute Gasteiger partial charge is 0.370 e. The molecule has 0 spiro atoms. The van der Waals surface area contributed by atoms with Gasteiger partial charge in [-0.25, -0.2) is 0 Å². The van der Waals surface area contributed by atoms with Gasteiger partial charge in [0.2, 0.25) is 0 Å². The molecule has 3 heteroatoms. The standard InChI is InChI=1S/C16H27N3/c1-13-6-4-7-14(2)16(13)19-10-5-8-15(12-19)18(3)11-9-17/h4,6-7,15H,5,8-12,17H2,1-3H3. The first-order chi connectivity index (χ1) is 9.13. The smallest absolute Gasteiger partial charge is 0.0426 e. The Kier molecular flexibility index (Phi) is 4.83. The van der Waals surface area contributed by atoms with Gasteiger partial charge in [-0.15, -0.1) is 0 Å². The number of hydrogen-bond acceptors (Lipinski definition) is 3. The van der Waals surface area contributed by atoms with Gasteiger partial charge in [-0.1, -0.05) is 18.2 Å². The molecule has 2 N–H and O–H groups in total. The minimum Gasteiger partial charge on any atom is -0.370 e. The van der Waals surface area contributed by atoms with Crippen molar-refractivity contribution in [3.63, 3.8) is 0 Å². The number of nitrogens with two attached hydrogens (primary N) is 1. The third-order valence-electron chi connectivity index (χ3n) is 4.26. The highest BCUT2D eigenvalue weighted by atomic mass is 15.2. The van der Waals surface area contributed by atoms with Gasteiger partial charge in [0.25, 0.3) is 0 Å². The first-order valence-corrected chi connectivity index (χ1v) is 7.35. The Balaban J connectivity index is 2.13. The molecular formula is C16H27N3. The predicted molar refractivity (Wildman–Crippen MR) is 82.8 cm³/mol. The van der Waals surface area contributed by atoms with Gasteiger partial charge < -0.3 is 15.5 Å². The van der Waals surface area contributed by atoms with Crippen LogP contribution in [0.3, 0.4) is 0 Å². The minimum atomic E-state index is 0.635. The molecule has 0 radical (unpaired) electrons. The van der Waals surface area contributed by atoms with E-state index in [1.54, 1.807) is 0 Å². The number of para-hydroxylation sites is 1. The predicted octanol–water partition coefficient (Wildman–Crippen LogP) is 2.16. The van der Waals surface area contributed by atoms with Crippen molar-refractivity contribution in [1.82, 2.24) is 4.90 Å². The van der Waals surface area contributed by atoms with Crippen LogP contribution in [0.2, 0.25) is 0 Å². The fraction of sp³-hybridized carbons (Fsp3) is 0.625. The van der Waals surface area contributed by atoms with Crippen LogP contribution in [-0.2, 0) is 0 Å². The molecule has 1 unspecified atom stereocenters. The number of piperidine rings is 1. The molecule has 0 aliphatic carbocycles. The average Bonchev–Trinajstić information content (AvgIpc) is 2.39. The normalized spacial score (nSPS) is 20.1. The Morgan fingerprint density at radius 2 is 2.00 bits per heavy atom. The number of likely N-dealkylation sites (N-methyl/N-ethyl adjacent to an activating group) is 1. The summed E-state index contributed by atoms with van der Waals surface area (Å²) in [6.07, 6.45) is 2.56. The van der Waals surface area contributed by atoms with Gasteiger partial charge in [0.15, 0.2) is 0 Å². The fourth-order valence-electron chi connectivity index (χ4n) is 3.21. The molecule has 0 amide bonds. The van der Waals surface area contributed by atoms with E-state index in [0.717, 1.165) is 19.6 Å². The highest BCUT2D eigenvalue weighted by molar-refractivity contribution is 5.59. The Labute approximate surface area is 117 Å². The van der Waals surface area contributed by atoms with E-state index in [2.05, 4.69) is 48.9 Å². The fourth-order valence-corrected chi connectivity index (χ4v) is 3.21. The van der Waals surface area contributed by atoms with Crippen molar-refractivity contribution in [3.8, 4) is 0 Å². The second-order valence-corrected chi connectivity index (χ2v) is 5.75. The molecular weight excluding hydrogens is 234 g/mol. The Hall–Kier alpha value is -1.06. The quantitative estimate of drug-likeness (QED) is 0.901. The van der Waals surface area contributed by atoms with E-state index in [-0.39, 0.29) is 0 Å². The number of rotatable bonds is 4. The molecule has 0 aromatic heterocycles. The lowest BCUT2D eigenvalue weighted by Gasteiger charge is -2.40. The summed E-state index contributed by atoms with van der Waals surface area (Å²) in [6, 6.07) is 7.22. The summed E-state index contributed by atoms with van der Waals surface area (Å²) in [6.45, 7) is 8.48. The number of hydrogen-bond donors (Lipinski definition) is 1. The topological polar surface area (TPSA) is 32.5 Å². The highest BCUT2D eigenvalue weighted by Gasteiger charge is 2.24. The first kappa shape index (κ1) is 14.4. The second kappa shape index (κ2) is 6.40. The van der Waals surface area contributed by atoms with Crippen LogP contribution in [0.4, 0.5) is 5.69 Å². The van der Waals surface area contributed by atoms with E-state index in [1.807, 2.05) is 0 Å². The summed E-state index contributed by atoms with van der Waals surface area (Å²) in [5.74, 6) is 0. The lowest BCUT2D eigenvalue weighted by Crippen LogP contribution is -2.48. The van der Waals surface area contributed by atoms with Crippen molar-refractivity contribution < 1.29 is 0 Å². The summed E-state index contributed by atoms with van der Waals surface area (Å²) in [4.78, 5) is 4.98. The third kappa shape index (κ3) is 3.28. The van der Waals surface area contributed by atoms with Crippen LogP contribution in [-0.4, -0.2) is 44.2 Å². The van der Waals surface area contributed by atoms with Crippen LogP contribution in [0.5, 0.6) is 0 Å². The van der Waals surface area contributed by atoms with Crippen LogP contribution in [0.1, 0.15) is 24.0 Å². The maximum atomic E-state index is 5.67. The Morgan fingerprint density at radius 1 is 1.32 bits per heavy atom. The molecule has 1 aliphatic rings. The molecule has 0 bridgehead atoms. The van der Waals surface area contributed by atoms with E-state index in [4.69, 9.17) is 5.73 Å². The second-order valence-electron chi connectivity index (χ2n) is 5.75. The molecule has 1 aromatic carbocycles. The van der Waals surface area contributed by atoms with E-state index < -0.39 is 0 Å². The SMILES string of the molecule is Cc1cccc(C)c1N1CCCC(N(C)CCN)C1. The van der Waals surface area contributed by atoms with Crippen molar-refractivity contribution in [2.24, 2.45) is 5.73 Å². The molecule has 1 aromatic rings. The number of anilines is 1. The van der Waals surface area contributed by atoms with Gasteiger partial charge in [0.05, 0.1) is 0 Å². The van der Waals surface area contributed by atoms with Crippen molar-refractivity contribution in [2.45, 2.75) is 32.7 Å². The molecule has 1 saturated heterocycles. The van der Waals surface area contributed by atoms with Crippen molar-refractivity contribution in [2.75, 3.05) is 38.1 Å². The maximum Gasteiger partial charge on any atom is 0.0426 e. The monoisotopic (exact) mass is 261 g/mol. The number of benzene rings is 1. The third-order valence-corrected chi connectivity index (χ3v) is 4.26. The zero-order valence-corrected chi connectivity index (χ0v) is 12.5. The van der Waals surface area contributed by atoms with Gasteiger partial charge in [0.1, 0.15) is 0 Å². The summed E-state index contributed by atoms with van der Waals surface area (Å²) in [5.41, 5.74) is 9.89. The molecule has 3 nitrogen and oxygen atoms in total. The van der Waals surface area contributed by atoms with Crippen LogP contribution >= 0.6 is 0 Å². The molecule has 1 atom stereocenters. The Bertz CT molecular complexity index is 396. The van der Waals surface area contributed by atoms with Gasteiger partial charge in [0, 0.05) is 37.9 Å². The minimum absolute atomic E-state index is 0.635. The van der Waals surface area contributed by atoms with Gasteiger partial charge in [-0.3, -0.25) is 0 Å². The zero-order valence-electron chi connectivity index (χ0n) is 12.5. The molecule has 1 heterocycles. The van der Waals surface area contributed by atoms with Crippen LogP contribution in [0.25, 0.3) is 0 Å². The summed E-state index contributed by atoms with van der Waals surface area (Å²) >= 11 is 0. The Morgan fingerprint density at radius 3 is 2.63 bits per heavy atom. The van der Waals surface area contributed by atoms with Gasteiger partial charge in [-0.05, 0) is 44.9 Å². The average molecular weight is 261 g/mol. The molecule has 2 rings (SSSR count). The van der Waals surface area contributed by atoms with Crippen molar-refractivity contribution in [1.29, 1.82) is 0 Å². The summed E-state index contributed by atoms with van der Waals surface area (Å²) in [7, 11) is 2.20. The molecule has 19 heavy (non-hydrogen) atoms. The van der Waals surface area contributed by atoms with Crippen LogP contribution < -0.4 is 10.6 Å². The number of aryl methyl sites for hydroxylation is 2. The zero-order chi connectivity index (χ0) is 13.8. The van der Waals surface area contributed by atoms with Crippen molar-refractivity contribution in [3.05, 3.63) is 29.3 Å². The summed E-state index contributed by atoms with van der Waals surface area (Å²) < 4.78 is 0. The van der Waals surface area contributed by atoms with Crippen LogP contribution in [0, 0.1) is 13.8 Å². The number of nitrogens with zero attached hydrogens (tertiary/aromatic N) is 2. The van der Waals surface area contributed by atoms with Gasteiger partial charge >= 0.3 is 0 Å². The van der Waals surface area contributed by atoms with Crippen LogP contribution in [0.15, 0.2) is 18.2 Å². The summed E-state index contributed by atoms with van der Waals surface area (Å²) in [5, 5.41) is 0. The lowest BCUT2D eigenvalue weighted by atomic mass is 10.0. The van der Waals surface area contributed by atoms with E-state index in [0.29, 0.717) is 6.04 Å². The van der Waals surface area contributed by atoms with E-state index in [1.165, 1.54) is 36.2 Å². The highest BCUT2D eigenvalue weighted by Crippen LogP contribution is 2.28. The molecule has 106 valence electrons.